The maximum Gasteiger partial charge on any atom is 0.147 e. The minimum Gasteiger partial charge on any atom is -0.496 e. The molecule has 0 aromatic heterocycles. The highest BCUT2D eigenvalue weighted by Crippen LogP contribution is 2.35. The minimum absolute atomic E-state index is 0.711. The van der Waals surface area contributed by atoms with Crippen molar-refractivity contribution >= 4 is 31.9 Å². The molecule has 0 heterocycles. The highest BCUT2D eigenvalue weighted by atomic mass is 79.9. The van der Waals surface area contributed by atoms with E-state index in [4.69, 9.17) is 9.47 Å². The SMILES string of the molecule is CCCOc1c(Br)cc(CNCc2ccccc2OC)cc1Br. The average molecular weight is 443 g/mol. The second kappa shape index (κ2) is 9.30. The van der Waals surface area contributed by atoms with Crippen molar-refractivity contribution < 1.29 is 9.47 Å². The van der Waals surface area contributed by atoms with Gasteiger partial charge in [0, 0.05) is 18.7 Å². The van der Waals surface area contributed by atoms with Gasteiger partial charge in [0.2, 0.25) is 0 Å². The molecule has 0 aliphatic rings. The number of benzene rings is 2. The molecule has 0 spiro atoms. The fourth-order valence-electron chi connectivity index (χ4n) is 2.25. The van der Waals surface area contributed by atoms with Crippen LogP contribution in [0.5, 0.6) is 11.5 Å². The zero-order valence-electron chi connectivity index (χ0n) is 13.4. The van der Waals surface area contributed by atoms with Gasteiger partial charge >= 0.3 is 0 Å². The summed E-state index contributed by atoms with van der Waals surface area (Å²) in [5.74, 6) is 1.77. The molecule has 0 atom stereocenters. The molecule has 5 heteroatoms. The third kappa shape index (κ3) is 5.23. The van der Waals surface area contributed by atoms with E-state index < -0.39 is 0 Å². The van der Waals surface area contributed by atoms with E-state index in [1.807, 2.05) is 18.2 Å². The van der Waals surface area contributed by atoms with E-state index in [2.05, 4.69) is 62.3 Å². The van der Waals surface area contributed by atoms with Gasteiger partial charge in [-0.2, -0.15) is 0 Å². The lowest BCUT2D eigenvalue weighted by Gasteiger charge is -2.13. The minimum atomic E-state index is 0.711. The Balaban J connectivity index is 1.98. The molecule has 23 heavy (non-hydrogen) atoms. The Kier molecular flexibility index (Phi) is 7.40. The lowest BCUT2D eigenvalue weighted by molar-refractivity contribution is 0.313. The molecule has 0 aliphatic heterocycles. The summed E-state index contributed by atoms with van der Waals surface area (Å²) in [6, 6.07) is 12.2. The van der Waals surface area contributed by atoms with Gasteiger partial charge in [-0.05, 0) is 62.0 Å². The summed E-state index contributed by atoms with van der Waals surface area (Å²) in [5.41, 5.74) is 2.33. The van der Waals surface area contributed by atoms with Gasteiger partial charge in [-0.1, -0.05) is 25.1 Å². The van der Waals surface area contributed by atoms with E-state index >= 15 is 0 Å². The van der Waals surface area contributed by atoms with Crippen LogP contribution in [0.3, 0.4) is 0 Å². The maximum absolute atomic E-state index is 5.75. The molecule has 2 aromatic carbocycles. The third-order valence-corrected chi connectivity index (χ3v) is 4.52. The number of halogens is 2. The number of ether oxygens (including phenoxy) is 2. The molecule has 3 nitrogen and oxygen atoms in total. The van der Waals surface area contributed by atoms with Crippen LogP contribution in [0.25, 0.3) is 0 Å². The molecule has 0 bridgehead atoms. The normalized spacial score (nSPS) is 10.6. The quantitative estimate of drug-likeness (QED) is 0.601. The largest absolute Gasteiger partial charge is 0.496 e. The van der Waals surface area contributed by atoms with Gasteiger partial charge in [-0.25, -0.2) is 0 Å². The molecular weight excluding hydrogens is 422 g/mol. The van der Waals surface area contributed by atoms with Crippen molar-refractivity contribution in [2.24, 2.45) is 0 Å². The number of nitrogens with one attached hydrogen (secondary N) is 1. The molecule has 0 aliphatic carbocycles. The van der Waals surface area contributed by atoms with Crippen molar-refractivity contribution in [3.63, 3.8) is 0 Å². The summed E-state index contributed by atoms with van der Waals surface area (Å²) >= 11 is 7.17. The number of hydrogen-bond donors (Lipinski definition) is 1. The van der Waals surface area contributed by atoms with E-state index in [0.717, 1.165) is 45.5 Å². The summed E-state index contributed by atoms with van der Waals surface area (Å²) in [6.07, 6.45) is 0.987. The van der Waals surface area contributed by atoms with Crippen molar-refractivity contribution in [3.05, 3.63) is 56.5 Å². The summed E-state index contributed by atoms with van der Waals surface area (Å²) in [4.78, 5) is 0. The first-order valence-electron chi connectivity index (χ1n) is 7.59. The summed E-state index contributed by atoms with van der Waals surface area (Å²) in [7, 11) is 1.70. The Bertz CT molecular complexity index is 624. The number of para-hydroxylation sites is 1. The number of rotatable bonds is 8. The van der Waals surface area contributed by atoms with Crippen LogP contribution in [0.4, 0.5) is 0 Å². The topological polar surface area (TPSA) is 30.5 Å². The van der Waals surface area contributed by atoms with Gasteiger partial charge in [-0.15, -0.1) is 0 Å². The van der Waals surface area contributed by atoms with Crippen molar-refractivity contribution in [2.45, 2.75) is 26.4 Å². The van der Waals surface area contributed by atoms with E-state index in [1.54, 1.807) is 7.11 Å². The van der Waals surface area contributed by atoms with Crippen LogP contribution in [0.2, 0.25) is 0 Å². The van der Waals surface area contributed by atoms with Crippen LogP contribution in [-0.2, 0) is 13.1 Å². The molecule has 0 fully saturated rings. The second-order valence-electron chi connectivity index (χ2n) is 5.15. The van der Waals surface area contributed by atoms with Crippen LogP contribution < -0.4 is 14.8 Å². The van der Waals surface area contributed by atoms with E-state index in [1.165, 1.54) is 5.56 Å². The Morgan fingerprint density at radius 2 is 1.74 bits per heavy atom. The molecule has 0 saturated heterocycles. The number of methoxy groups -OCH3 is 1. The fraction of sp³-hybridized carbons (Fsp3) is 0.333. The Labute approximate surface area is 154 Å². The van der Waals surface area contributed by atoms with Crippen molar-refractivity contribution in [2.75, 3.05) is 13.7 Å². The first kappa shape index (κ1) is 18.3. The predicted molar refractivity (Wildman–Crippen MR) is 101 cm³/mol. The second-order valence-corrected chi connectivity index (χ2v) is 6.86. The molecule has 0 saturated carbocycles. The van der Waals surface area contributed by atoms with Crippen LogP contribution in [0.15, 0.2) is 45.3 Å². The van der Waals surface area contributed by atoms with Gasteiger partial charge in [0.05, 0.1) is 22.7 Å². The highest BCUT2D eigenvalue weighted by Gasteiger charge is 2.09. The van der Waals surface area contributed by atoms with Crippen LogP contribution >= 0.6 is 31.9 Å². The van der Waals surface area contributed by atoms with Gasteiger partial charge in [0.15, 0.2) is 0 Å². The Morgan fingerprint density at radius 1 is 1.04 bits per heavy atom. The van der Waals surface area contributed by atoms with E-state index in [-0.39, 0.29) is 0 Å². The third-order valence-electron chi connectivity index (χ3n) is 3.35. The summed E-state index contributed by atoms with van der Waals surface area (Å²) in [6.45, 7) is 4.33. The van der Waals surface area contributed by atoms with Gasteiger partial charge in [0.1, 0.15) is 11.5 Å². The molecule has 124 valence electrons. The Morgan fingerprint density at radius 3 is 2.39 bits per heavy atom. The first-order valence-corrected chi connectivity index (χ1v) is 9.17. The fourth-order valence-corrected chi connectivity index (χ4v) is 3.76. The lowest BCUT2D eigenvalue weighted by atomic mass is 10.2. The smallest absolute Gasteiger partial charge is 0.147 e. The maximum atomic E-state index is 5.75. The van der Waals surface area contributed by atoms with Gasteiger partial charge in [0.25, 0.3) is 0 Å². The predicted octanol–water partition coefficient (Wildman–Crippen LogP) is 5.30. The van der Waals surface area contributed by atoms with Crippen molar-refractivity contribution in [1.82, 2.24) is 5.32 Å². The zero-order chi connectivity index (χ0) is 16.7. The molecular formula is C18H21Br2NO2. The molecule has 0 amide bonds. The summed E-state index contributed by atoms with van der Waals surface area (Å²) < 4.78 is 13.0. The average Bonchev–Trinajstić information content (AvgIpc) is 2.54. The van der Waals surface area contributed by atoms with E-state index in [9.17, 15) is 0 Å². The van der Waals surface area contributed by atoms with E-state index in [0.29, 0.717) is 6.61 Å². The monoisotopic (exact) mass is 441 g/mol. The lowest BCUT2D eigenvalue weighted by Crippen LogP contribution is -2.13. The summed E-state index contributed by atoms with van der Waals surface area (Å²) in [5, 5.41) is 3.45. The zero-order valence-corrected chi connectivity index (χ0v) is 16.5. The molecule has 2 aromatic rings. The van der Waals surface area contributed by atoms with Crippen LogP contribution in [-0.4, -0.2) is 13.7 Å². The van der Waals surface area contributed by atoms with Crippen LogP contribution in [0, 0.1) is 0 Å². The molecule has 0 radical (unpaired) electrons. The number of hydrogen-bond acceptors (Lipinski definition) is 3. The standard InChI is InChI=1S/C18H21Br2NO2/c1-3-8-23-18-15(19)9-13(10-16(18)20)11-21-12-14-6-4-5-7-17(14)22-2/h4-7,9-10,21H,3,8,11-12H2,1-2H3. The Hall–Kier alpha value is -1.04. The molecule has 0 unspecified atom stereocenters. The van der Waals surface area contributed by atoms with Crippen molar-refractivity contribution in [3.8, 4) is 11.5 Å². The highest BCUT2D eigenvalue weighted by molar-refractivity contribution is 9.11. The first-order chi connectivity index (χ1) is 11.2. The molecule has 1 N–H and O–H groups in total. The van der Waals surface area contributed by atoms with Gasteiger partial charge in [-0.3, -0.25) is 0 Å². The molecule has 2 rings (SSSR count). The van der Waals surface area contributed by atoms with Gasteiger partial charge < -0.3 is 14.8 Å². The van der Waals surface area contributed by atoms with Crippen molar-refractivity contribution in [1.29, 1.82) is 0 Å². The van der Waals surface area contributed by atoms with Crippen LogP contribution in [0.1, 0.15) is 24.5 Å².